The number of rotatable bonds is 4. The Labute approximate surface area is 97.1 Å². The molecule has 1 rings (SSSR count). The summed E-state index contributed by atoms with van der Waals surface area (Å²) in [6.07, 6.45) is 0.583. The Morgan fingerprint density at radius 3 is 2.64 bits per heavy atom. The molecule has 1 unspecified atom stereocenters. The maximum absolute atomic E-state index is 11.1. The van der Waals surface area contributed by atoms with Crippen LogP contribution in [-0.4, -0.2) is 24.8 Å². The van der Waals surface area contributed by atoms with Crippen LogP contribution in [0.2, 0.25) is 0 Å². The average Bonchev–Trinajstić information content (AvgIpc) is 2.46. The summed E-state index contributed by atoms with van der Waals surface area (Å²) in [5.41, 5.74) is 0. The van der Waals surface area contributed by atoms with Gasteiger partial charge in [0.15, 0.2) is 0 Å². The molecule has 1 aromatic rings. The zero-order valence-electron chi connectivity index (χ0n) is 8.58. The van der Waals surface area contributed by atoms with E-state index in [2.05, 4.69) is 26.9 Å². The van der Waals surface area contributed by atoms with Crippen LogP contribution in [0.3, 0.4) is 0 Å². The van der Waals surface area contributed by atoms with Crippen molar-refractivity contribution in [3.05, 3.63) is 20.8 Å². The Morgan fingerprint density at radius 2 is 2.29 bits per heavy atom. The normalized spacial score (nSPS) is 13.2. The molecule has 0 fully saturated rings. The molecular formula is C10H14BrNOS. The molecule has 0 saturated carbocycles. The van der Waals surface area contributed by atoms with E-state index >= 15 is 0 Å². The lowest BCUT2D eigenvalue weighted by Crippen LogP contribution is -2.21. The lowest BCUT2D eigenvalue weighted by molar-refractivity contribution is -0.118. The molecule has 14 heavy (non-hydrogen) atoms. The number of thiophene rings is 1. The summed E-state index contributed by atoms with van der Waals surface area (Å²) in [6.45, 7) is 1.64. The third kappa shape index (κ3) is 3.19. The molecule has 1 atom stereocenters. The second kappa shape index (κ2) is 5.05. The molecule has 0 aromatic carbocycles. The minimum absolute atomic E-state index is 0.212. The topological polar surface area (TPSA) is 20.3 Å². The lowest BCUT2D eigenvalue weighted by atomic mass is 10.1. The number of ketones is 1. The van der Waals surface area contributed by atoms with E-state index in [4.69, 9.17) is 0 Å². The molecule has 0 N–H and O–H groups in total. The van der Waals surface area contributed by atoms with Gasteiger partial charge in [-0.3, -0.25) is 4.79 Å². The molecule has 0 aliphatic heterocycles. The van der Waals surface area contributed by atoms with Crippen molar-refractivity contribution < 1.29 is 4.79 Å². The maximum atomic E-state index is 11.1. The number of hydrogen-bond donors (Lipinski definition) is 0. The van der Waals surface area contributed by atoms with E-state index in [-0.39, 0.29) is 11.8 Å². The van der Waals surface area contributed by atoms with Crippen LogP contribution < -0.4 is 0 Å². The van der Waals surface area contributed by atoms with Crippen LogP contribution in [0.25, 0.3) is 0 Å². The largest absolute Gasteiger partial charge is 0.301 e. The SMILES string of the molecule is CC(=O)CC(c1cc(Br)cs1)N(C)C. The van der Waals surface area contributed by atoms with Gasteiger partial charge in [0.1, 0.15) is 5.78 Å². The summed E-state index contributed by atoms with van der Waals surface area (Å²) < 4.78 is 1.09. The van der Waals surface area contributed by atoms with Crippen molar-refractivity contribution in [1.29, 1.82) is 0 Å². The highest BCUT2D eigenvalue weighted by Crippen LogP contribution is 2.30. The van der Waals surface area contributed by atoms with E-state index in [1.54, 1.807) is 18.3 Å². The smallest absolute Gasteiger partial charge is 0.131 e. The van der Waals surface area contributed by atoms with Gasteiger partial charge in [-0.15, -0.1) is 11.3 Å². The van der Waals surface area contributed by atoms with Gasteiger partial charge in [0.2, 0.25) is 0 Å². The molecule has 0 aliphatic carbocycles. The zero-order valence-corrected chi connectivity index (χ0v) is 11.0. The Balaban J connectivity index is 2.82. The van der Waals surface area contributed by atoms with Crippen LogP contribution >= 0.6 is 27.3 Å². The van der Waals surface area contributed by atoms with Crippen LogP contribution in [0.1, 0.15) is 24.3 Å². The summed E-state index contributed by atoms with van der Waals surface area (Å²) >= 11 is 5.11. The number of Topliss-reactive ketones (excluding diaryl/α,β-unsaturated/α-hetero) is 1. The van der Waals surface area contributed by atoms with Crippen molar-refractivity contribution in [2.24, 2.45) is 0 Å². The summed E-state index contributed by atoms with van der Waals surface area (Å²) in [7, 11) is 4.00. The van der Waals surface area contributed by atoms with E-state index in [1.165, 1.54) is 4.88 Å². The van der Waals surface area contributed by atoms with E-state index < -0.39 is 0 Å². The third-order valence-corrected chi connectivity index (χ3v) is 3.82. The summed E-state index contributed by atoms with van der Waals surface area (Å²) in [4.78, 5) is 14.4. The first-order chi connectivity index (χ1) is 6.50. The standard InChI is InChI=1S/C10H14BrNOS/c1-7(13)4-9(12(2)3)10-5-8(11)6-14-10/h5-6,9H,4H2,1-3H3. The van der Waals surface area contributed by atoms with Gasteiger partial charge in [-0.2, -0.15) is 0 Å². The van der Waals surface area contributed by atoms with Gasteiger partial charge in [-0.1, -0.05) is 0 Å². The molecule has 0 radical (unpaired) electrons. The van der Waals surface area contributed by atoms with Crippen LogP contribution in [0, 0.1) is 0 Å². The first-order valence-electron chi connectivity index (χ1n) is 4.40. The first kappa shape index (κ1) is 11.9. The fraction of sp³-hybridized carbons (Fsp3) is 0.500. The van der Waals surface area contributed by atoms with Gasteiger partial charge in [-0.05, 0) is 43.0 Å². The highest BCUT2D eigenvalue weighted by Gasteiger charge is 2.17. The monoisotopic (exact) mass is 275 g/mol. The van der Waals surface area contributed by atoms with Crippen LogP contribution in [0.15, 0.2) is 15.9 Å². The number of halogens is 1. The Bertz CT molecular complexity index is 322. The Kier molecular flexibility index (Phi) is 4.29. The predicted octanol–water partition coefficient (Wildman–Crippen LogP) is 3.09. The molecule has 0 amide bonds. The predicted molar refractivity (Wildman–Crippen MR) is 63.7 cm³/mol. The Morgan fingerprint density at radius 1 is 1.64 bits per heavy atom. The second-order valence-corrected chi connectivity index (χ2v) is 5.41. The van der Waals surface area contributed by atoms with Crippen molar-refractivity contribution in [2.75, 3.05) is 14.1 Å². The van der Waals surface area contributed by atoms with Gasteiger partial charge in [0.25, 0.3) is 0 Å². The fourth-order valence-corrected chi connectivity index (χ4v) is 2.95. The summed E-state index contributed by atoms with van der Waals surface area (Å²) in [5, 5.41) is 2.05. The van der Waals surface area contributed by atoms with Gasteiger partial charge in [0, 0.05) is 21.2 Å². The molecule has 0 aliphatic rings. The highest BCUT2D eigenvalue weighted by atomic mass is 79.9. The van der Waals surface area contributed by atoms with Gasteiger partial charge in [-0.25, -0.2) is 0 Å². The number of hydrogen-bond acceptors (Lipinski definition) is 3. The molecular weight excluding hydrogens is 262 g/mol. The molecule has 0 spiro atoms. The zero-order chi connectivity index (χ0) is 10.7. The molecule has 0 bridgehead atoms. The molecule has 4 heteroatoms. The van der Waals surface area contributed by atoms with E-state index in [9.17, 15) is 4.79 Å². The Hall–Kier alpha value is -0.190. The second-order valence-electron chi connectivity index (χ2n) is 3.55. The van der Waals surface area contributed by atoms with Crippen LogP contribution in [0.4, 0.5) is 0 Å². The lowest BCUT2D eigenvalue weighted by Gasteiger charge is -2.21. The van der Waals surface area contributed by atoms with E-state index in [0.29, 0.717) is 6.42 Å². The van der Waals surface area contributed by atoms with Crippen molar-refractivity contribution in [3.8, 4) is 0 Å². The average molecular weight is 276 g/mol. The van der Waals surface area contributed by atoms with Crippen molar-refractivity contribution in [1.82, 2.24) is 4.90 Å². The summed E-state index contributed by atoms with van der Waals surface area (Å²) in [5.74, 6) is 0.230. The van der Waals surface area contributed by atoms with E-state index in [0.717, 1.165) is 4.47 Å². The maximum Gasteiger partial charge on any atom is 0.131 e. The highest BCUT2D eigenvalue weighted by molar-refractivity contribution is 9.10. The van der Waals surface area contributed by atoms with Gasteiger partial charge in [0.05, 0.1) is 6.04 Å². The molecule has 1 aromatic heterocycles. The van der Waals surface area contributed by atoms with Crippen LogP contribution in [-0.2, 0) is 4.79 Å². The number of nitrogens with zero attached hydrogens (tertiary/aromatic N) is 1. The molecule has 0 saturated heterocycles. The number of carbonyl (C=O) groups excluding carboxylic acids is 1. The molecule has 2 nitrogen and oxygen atoms in total. The number of carbonyl (C=O) groups is 1. The van der Waals surface area contributed by atoms with E-state index in [1.807, 2.05) is 19.5 Å². The minimum Gasteiger partial charge on any atom is -0.301 e. The summed E-state index contributed by atoms with van der Waals surface area (Å²) in [6, 6.07) is 2.29. The van der Waals surface area contributed by atoms with Gasteiger partial charge >= 0.3 is 0 Å². The fourth-order valence-electron chi connectivity index (χ4n) is 1.31. The molecule has 1 heterocycles. The van der Waals surface area contributed by atoms with Crippen LogP contribution in [0.5, 0.6) is 0 Å². The molecule has 78 valence electrons. The first-order valence-corrected chi connectivity index (χ1v) is 6.07. The van der Waals surface area contributed by atoms with Crippen molar-refractivity contribution >= 4 is 33.0 Å². The van der Waals surface area contributed by atoms with Crippen molar-refractivity contribution in [2.45, 2.75) is 19.4 Å². The van der Waals surface area contributed by atoms with Gasteiger partial charge < -0.3 is 4.90 Å². The third-order valence-electron chi connectivity index (χ3n) is 2.02. The quantitative estimate of drug-likeness (QED) is 0.842. The minimum atomic E-state index is 0.212. The van der Waals surface area contributed by atoms with Crippen molar-refractivity contribution in [3.63, 3.8) is 0 Å².